The zero-order valence-electron chi connectivity index (χ0n) is 9.99. The van der Waals surface area contributed by atoms with Crippen molar-refractivity contribution in [2.24, 2.45) is 5.92 Å². The van der Waals surface area contributed by atoms with Crippen LogP contribution in [0.5, 0.6) is 0 Å². The van der Waals surface area contributed by atoms with Gasteiger partial charge in [-0.1, -0.05) is 13.3 Å². The van der Waals surface area contributed by atoms with Gasteiger partial charge in [-0.05, 0) is 51.0 Å². The molecule has 0 bridgehead atoms. The summed E-state index contributed by atoms with van der Waals surface area (Å²) in [5, 5.41) is 9.50. The molecule has 1 saturated carbocycles. The number of aliphatic hydroxyl groups excluding tert-OH is 1. The molecule has 2 aliphatic rings. The van der Waals surface area contributed by atoms with Crippen molar-refractivity contribution in [2.75, 3.05) is 13.1 Å². The van der Waals surface area contributed by atoms with Gasteiger partial charge < -0.3 is 10.0 Å². The highest BCUT2D eigenvalue weighted by molar-refractivity contribution is 4.83. The highest BCUT2D eigenvalue weighted by Gasteiger charge is 2.28. The Kier molecular flexibility index (Phi) is 4.04. The van der Waals surface area contributed by atoms with Crippen molar-refractivity contribution < 1.29 is 5.11 Å². The average Bonchev–Trinajstić information content (AvgIpc) is 2.30. The minimum atomic E-state index is -0.00647. The molecule has 2 fully saturated rings. The van der Waals surface area contributed by atoms with Crippen molar-refractivity contribution in [3.8, 4) is 0 Å². The molecular formula is C13H25NO. The summed E-state index contributed by atoms with van der Waals surface area (Å²) in [4.78, 5) is 2.70. The van der Waals surface area contributed by atoms with E-state index >= 15 is 0 Å². The number of aliphatic hydroxyl groups is 1. The largest absolute Gasteiger partial charge is 0.393 e. The van der Waals surface area contributed by atoms with Gasteiger partial charge in [0.15, 0.2) is 0 Å². The summed E-state index contributed by atoms with van der Waals surface area (Å²) >= 11 is 0. The number of rotatable bonds is 2. The molecule has 2 heteroatoms. The van der Waals surface area contributed by atoms with Crippen LogP contribution in [0.15, 0.2) is 0 Å². The van der Waals surface area contributed by atoms with E-state index in [9.17, 15) is 5.11 Å². The quantitative estimate of drug-likeness (QED) is 0.758. The van der Waals surface area contributed by atoms with Gasteiger partial charge in [0.2, 0.25) is 0 Å². The lowest BCUT2D eigenvalue weighted by Crippen LogP contribution is -2.44. The van der Waals surface area contributed by atoms with Gasteiger partial charge in [-0.2, -0.15) is 0 Å². The molecule has 0 aromatic rings. The van der Waals surface area contributed by atoms with Gasteiger partial charge in [-0.25, -0.2) is 0 Å². The topological polar surface area (TPSA) is 23.5 Å². The van der Waals surface area contributed by atoms with E-state index in [1.165, 1.54) is 45.2 Å². The van der Waals surface area contributed by atoms with E-state index in [1.807, 2.05) is 0 Å². The van der Waals surface area contributed by atoms with E-state index < -0.39 is 0 Å². The molecule has 0 spiro atoms. The molecule has 1 N–H and O–H groups in total. The fourth-order valence-corrected chi connectivity index (χ4v) is 3.19. The van der Waals surface area contributed by atoms with E-state index in [4.69, 9.17) is 0 Å². The van der Waals surface area contributed by atoms with Crippen LogP contribution in [0.25, 0.3) is 0 Å². The van der Waals surface area contributed by atoms with E-state index in [-0.39, 0.29) is 6.10 Å². The lowest BCUT2D eigenvalue weighted by atomic mass is 9.88. The van der Waals surface area contributed by atoms with Crippen molar-refractivity contribution in [2.45, 2.75) is 64.0 Å². The fourth-order valence-electron chi connectivity index (χ4n) is 3.19. The summed E-state index contributed by atoms with van der Waals surface area (Å²) in [6.07, 6.45) is 8.64. The maximum absolute atomic E-state index is 9.50. The van der Waals surface area contributed by atoms with Gasteiger partial charge in [-0.15, -0.1) is 0 Å². The Hall–Kier alpha value is -0.0800. The standard InChI is InChI=1S/C13H25NO/c1-2-11-4-3-9-14(10-11)12-5-7-13(15)8-6-12/h11-13,15H,2-10H2,1H3. The van der Waals surface area contributed by atoms with Crippen molar-refractivity contribution in [1.82, 2.24) is 4.90 Å². The number of nitrogens with zero attached hydrogens (tertiary/aromatic N) is 1. The maximum atomic E-state index is 9.50. The minimum Gasteiger partial charge on any atom is -0.393 e. The van der Waals surface area contributed by atoms with Crippen LogP contribution in [0.4, 0.5) is 0 Å². The Morgan fingerprint density at radius 2 is 1.87 bits per heavy atom. The monoisotopic (exact) mass is 211 g/mol. The second-order valence-electron chi connectivity index (χ2n) is 5.37. The number of hydrogen-bond acceptors (Lipinski definition) is 2. The van der Waals surface area contributed by atoms with Crippen LogP contribution in [0.1, 0.15) is 51.9 Å². The second kappa shape index (κ2) is 5.31. The van der Waals surface area contributed by atoms with Crippen molar-refractivity contribution in [3.63, 3.8) is 0 Å². The van der Waals surface area contributed by atoms with Crippen molar-refractivity contribution >= 4 is 0 Å². The van der Waals surface area contributed by atoms with Crippen LogP contribution >= 0.6 is 0 Å². The highest BCUT2D eigenvalue weighted by Crippen LogP contribution is 2.28. The summed E-state index contributed by atoms with van der Waals surface area (Å²) in [5.74, 6) is 0.936. The lowest BCUT2D eigenvalue weighted by molar-refractivity contribution is 0.0511. The third-order valence-electron chi connectivity index (χ3n) is 4.31. The van der Waals surface area contributed by atoms with Gasteiger partial charge in [0.1, 0.15) is 0 Å². The normalized spacial score (nSPS) is 39.2. The first-order chi connectivity index (χ1) is 7.29. The maximum Gasteiger partial charge on any atom is 0.0541 e. The number of hydrogen-bond donors (Lipinski definition) is 1. The Labute approximate surface area is 93.7 Å². The molecule has 2 nitrogen and oxygen atoms in total. The first kappa shape index (κ1) is 11.4. The molecule has 1 atom stereocenters. The smallest absolute Gasteiger partial charge is 0.0541 e. The molecule has 0 radical (unpaired) electrons. The summed E-state index contributed by atoms with van der Waals surface area (Å²) in [5.41, 5.74) is 0. The predicted molar refractivity (Wildman–Crippen MR) is 62.9 cm³/mol. The van der Waals surface area contributed by atoms with E-state index in [2.05, 4.69) is 11.8 Å². The molecule has 1 saturated heterocycles. The summed E-state index contributed by atoms with van der Waals surface area (Å²) in [7, 11) is 0. The van der Waals surface area contributed by atoms with Crippen LogP contribution in [0, 0.1) is 5.92 Å². The lowest BCUT2D eigenvalue weighted by Gasteiger charge is -2.40. The number of likely N-dealkylation sites (tertiary alicyclic amines) is 1. The molecule has 1 heterocycles. The van der Waals surface area contributed by atoms with Crippen LogP contribution < -0.4 is 0 Å². The molecule has 0 aromatic carbocycles. The summed E-state index contributed by atoms with van der Waals surface area (Å²) in [6.45, 7) is 4.94. The molecule has 88 valence electrons. The van der Waals surface area contributed by atoms with Gasteiger partial charge in [0.05, 0.1) is 6.10 Å². The van der Waals surface area contributed by atoms with Crippen LogP contribution in [0.2, 0.25) is 0 Å². The highest BCUT2D eigenvalue weighted by atomic mass is 16.3. The zero-order valence-corrected chi connectivity index (χ0v) is 9.99. The van der Waals surface area contributed by atoms with Crippen LogP contribution in [0.3, 0.4) is 0 Å². The van der Waals surface area contributed by atoms with Crippen molar-refractivity contribution in [1.29, 1.82) is 0 Å². The van der Waals surface area contributed by atoms with E-state index in [0.717, 1.165) is 24.8 Å². The minimum absolute atomic E-state index is 0.00647. The Morgan fingerprint density at radius 3 is 2.53 bits per heavy atom. The average molecular weight is 211 g/mol. The first-order valence-electron chi connectivity index (χ1n) is 6.71. The fraction of sp³-hybridized carbons (Fsp3) is 1.00. The predicted octanol–water partition coefficient (Wildman–Crippen LogP) is 2.41. The molecule has 2 rings (SSSR count). The molecule has 1 unspecified atom stereocenters. The zero-order chi connectivity index (χ0) is 10.7. The molecule has 0 aromatic heterocycles. The molecule has 1 aliphatic heterocycles. The van der Waals surface area contributed by atoms with Crippen LogP contribution in [-0.4, -0.2) is 35.2 Å². The van der Waals surface area contributed by atoms with Gasteiger partial charge in [0, 0.05) is 12.6 Å². The Bertz CT molecular complexity index is 187. The van der Waals surface area contributed by atoms with Crippen molar-refractivity contribution in [3.05, 3.63) is 0 Å². The van der Waals surface area contributed by atoms with Gasteiger partial charge in [0.25, 0.3) is 0 Å². The second-order valence-corrected chi connectivity index (χ2v) is 5.37. The molecule has 0 amide bonds. The SMILES string of the molecule is CCC1CCCN(C2CCC(O)CC2)C1. The van der Waals surface area contributed by atoms with Gasteiger partial charge >= 0.3 is 0 Å². The molecular weight excluding hydrogens is 186 g/mol. The molecule has 15 heavy (non-hydrogen) atoms. The van der Waals surface area contributed by atoms with Gasteiger partial charge in [-0.3, -0.25) is 0 Å². The Morgan fingerprint density at radius 1 is 1.13 bits per heavy atom. The van der Waals surface area contributed by atoms with E-state index in [1.54, 1.807) is 0 Å². The first-order valence-corrected chi connectivity index (χ1v) is 6.71. The third-order valence-corrected chi connectivity index (χ3v) is 4.31. The third kappa shape index (κ3) is 2.94. The summed E-state index contributed by atoms with van der Waals surface area (Å²) < 4.78 is 0. The summed E-state index contributed by atoms with van der Waals surface area (Å²) in [6, 6.07) is 0.780. The number of piperidine rings is 1. The van der Waals surface area contributed by atoms with E-state index in [0.29, 0.717) is 0 Å². The molecule has 1 aliphatic carbocycles. The van der Waals surface area contributed by atoms with Crippen LogP contribution in [-0.2, 0) is 0 Å². The Balaban J connectivity index is 1.82.